The number of benzene rings is 1. The average molecular weight is 402 g/mol. The highest BCUT2D eigenvalue weighted by molar-refractivity contribution is 7.18. The molecular formula is C20H27N5O2S+2. The second-order valence-corrected chi connectivity index (χ2v) is 8.72. The van der Waals surface area contributed by atoms with Crippen molar-refractivity contribution in [3.05, 3.63) is 46.8 Å². The van der Waals surface area contributed by atoms with Crippen molar-refractivity contribution in [2.24, 2.45) is 0 Å². The normalized spacial score (nSPS) is 19.8. The third-order valence-electron chi connectivity index (χ3n) is 5.31. The van der Waals surface area contributed by atoms with Gasteiger partial charge >= 0.3 is 0 Å². The van der Waals surface area contributed by atoms with E-state index in [-0.39, 0.29) is 5.91 Å². The number of aromatic nitrogens is 2. The van der Waals surface area contributed by atoms with Crippen LogP contribution in [0.5, 0.6) is 0 Å². The Bertz CT molecular complexity index is 912. The first-order chi connectivity index (χ1) is 13.6. The number of likely N-dealkylation sites (N-methyl/N-ethyl adjacent to an activating group) is 1. The molecule has 0 atom stereocenters. The first-order valence-electron chi connectivity index (χ1n) is 9.74. The van der Waals surface area contributed by atoms with Crippen LogP contribution in [-0.4, -0.2) is 60.7 Å². The van der Waals surface area contributed by atoms with Gasteiger partial charge in [-0.3, -0.25) is 4.79 Å². The molecule has 1 saturated heterocycles. The fraction of sp³-hybridized carbons (Fsp3) is 0.450. The summed E-state index contributed by atoms with van der Waals surface area (Å²) in [6.45, 7) is 8.07. The van der Waals surface area contributed by atoms with Gasteiger partial charge in [0.1, 0.15) is 49.2 Å². The second-order valence-electron chi connectivity index (χ2n) is 7.61. The Kier molecular flexibility index (Phi) is 5.70. The molecule has 1 fully saturated rings. The van der Waals surface area contributed by atoms with Gasteiger partial charge in [0.05, 0.1) is 16.8 Å². The lowest BCUT2D eigenvalue weighted by atomic mass is 10.2. The van der Waals surface area contributed by atoms with E-state index in [4.69, 9.17) is 4.52 Å². The SMILES string of the molecule is Cc1cc(C[NH+]2CC[NH+](CC(=O)N(C)Cc3nc4ccccc4s3)CC2)no1. The summed E-state index contributed by atoms with van der Waals surface area (Å²) < 4.78 is 6.32. The molecule has 8 heteroatoms. The number of thiazole rings is 1. The van der Waals surface area contributed by atoms with Crippen LogP contribution in [0.25, 0.3) is 10.2 Å². The van der Waals surface area contributed by atoms with E-state index in [9.17, 15) is 4.79 Å². The fourth-order valence-corrected chi connectivity index (χ4v) is 4.72. The number of piperazine rings is 1. The zero-order chi connectivity index (χ0) is 19.5. The topological polar surface area (TPSA) is 68.1 Å². The van der Waals surface area contributed by atoms with Gasteiger partial charge in [-0.25, -0.2) is 4.98 Å². The number of hydrogen-bond donors (Lipinski definition) is 2. The molecule has 0 saturated carbocycles. The molecule has 0 unspecified atom stereocenters. The van der Waals surface area contributed by atoms with Gasteiger partial charge in [0.15, 0.2) is 6.54 Å². The van der Waals surface area contributed by atoms with Crippen LogP contribution >= 0.6 is 11.3 Å². The summed E-state index contributed by atoms with van der Waals surface area (Å²) in [7, 11) is 1.88. The maximum Gasteiger partial charge on any atom is 0.277 e. The molecule has 2 N–H and O–H groups in total. The molecule has 28 heavy (non-hydrogen) atoms. The van der Waals surface area contributed by atoms with Crippen molar-refractivity contribution in [3.8, 4) is 0 Å². The largest absolute Gasteiger partial charge is 0.361 e. The van der Waals surface area contributed by atoms with Crippen molar-refractivity contribution in [2.75, 3.05) is 39.8 Å². The first kappa shape index (κ1) is 19.0. The fourth-order valence-electron chi connectivity index (χ4n) is 3.70. The zero-order valence-electron chi connectivity index (χ0n) is 16.4. The van der Waals surface area contributed by atoms with Crippen LogP contribution in [0.15, 0.2) is 34.9 Å². The number of nitrogens with zero attached hydrogens (tertiary/aromatic N) is 3. The summed E-state index contributed by atoms with van der Waals surface area (Å²) in [5.74, 6) is 1.05. The Morgan fingerprint density at radius 1 is 1.21 bits per heavy atom. The van der Waals surface area contributed by atoms with Gasteiger partial charge in [-0.2, -0.15) is 0 Å². The maximum atomic E-state index is 12.7. The van der Waals surface area contributed by atoms with Crippen molar-refractivity contribution in [3.63, 3.8) is 0 Å². The number of carbonyl (C=O) groups excluding carboxylic acids is 1. The summed E-state index contributed by atoms with van der Waals surface area (Å²) in [5, 5.41) is 5.08. The smallest absolute Gasteiger partial charge is 0.277 e. The van der Waals surface area contributed by atoms with Crippen LogP contribution < -0.4 is 9.80 Å². The highest BCUT2D eigenvalue weighted by atomic mass is 32.1. The van der Waals surface area contributed by atoms with E-state index in [0.717, 1.165) is 54.7 Å². The van der Waals surface area contributed by atoms with Crippen molar-refractivity contribution in [2.45, 2.75) is 20.0 Å². The molecule has 4 rings (SSSR count). The minimum Gasteiger partial charge on any atom is -0.361 e. The monoisotopic (exact) mass is 401 g/mol. The van der Waals surface area contributed by atoms with E-state index in [1.165, 1.54) is 14.5 Å². The Morgan fingerprint density at radius 3 is 2.68 bits per heavy atom. The molecule has 1 amide bonds. The van der Waals surface area contributed by atoms with E-state index in [2.05, 4.69) is 16.2 Å². The lowest BCUT2D eigenvalue weighted by Crippen LogP contribution is -3.28. The Balaban J connectivity index is 1.24. The van der Waals surface area contributed by atoms with Crippen molar-refractivity contribution >= 4 is 27.5 Å². The molecule has 2 aromatic heterocycles. The second kappa shape index (κ2) is 8.38. The molecule has 0 spiro atoms. The van der Waals surface area contributed by atoms with Crippen molar-refractivity contribution in [1.29, 1.82) is 0 Å². The molecule has 148 valence electrons. The van der Waals surface area contributed by atoms with Crippen LogP contribution in [0, 0.1) is 6.92 Å². The third-order valence-corrected chi connectivity index (χ3v) is 6.33. The average Bonchev–Trinajstić information content (AvgIpc) is 3.28. The Labute approximate surface area is 168 Å². The van der Waals surface area contributed by atoms with Crippen molar-refractivity contribution in [1.82, 2.24) is 15.0 Å². The van der Waals surface area contributed by atoms with Gasteiger partial charge in [-0.15, -0.1) is 11.3 Å². The first-order valence-corrected chi connectivity index (χ1v) is 10.6. The summed E-state index contributed by atoms with van der Waals surface area (Å²) in [5.41, 5.74) is 2.03. The molecule has 1 aliphatic rings. The van der Waals surface area contributed by atoms with Crippen LogP contribution in [0.2, 0.25) is 0 Å². The van der Waals surface area contributed by atoms with Crippen LogP contribution in [-0.2, 0) is 17.9 Å². The molecule has 0 radical (unpaired) electrons. The molecule has 1 aromatic carbocycles. The molecule has 7 nitrogen and oxygen atoms in total. The number of para-hydroxylation sites is 1. The Hall–Kier alpha value is -2.29. The molecule has 0 aliphatic carbocycles. The summed E-state index contributed by atoms with van der Waals surface area (Å²) in [6.07, 6.45) is 0. The molecule has 0 bridgehead atoms. The maximum absolute atomic E-state index is 12.7. The summed E-state index contributed by atoms with van der Waals surface area (Å²) in [4.78, 5) is 22.0. The van der Waals surface area contributed by atoms with Crippen LogP contribution in [0.1, 0.15) is 16.5 Å². The van der Waals surface area contributed by atoms with Gasteiger partial charge < -0.3 is 19.2 Å². The number of fused-ring (bicyclic) bond motifs is 1. The highest BCUT2D eigenvalue weighted by Crippen LogP contribution is 2.22. The quantitative estimate of drug-likeness (QED) is 0.586. The van der Waals surface area contributed by atoms with Gasteiger partial charge in [-0.1, -0.05) is 17.3 Å². The van der Waals surface area contributed by atoms with Crippen molar-refractivity contribution < 1.29 is 19.1 Å². The molecule has 3 heterocycles. The van der Waals surface area contributed by atoms with E-state index in [1.807, 2.05) is 43.1 Å². The predicted molar refractivity (Wildman–Crippen MR) is 107 cm³/mol. The third kappa shape index (κ3) is 4.57. The number of amides is 1. The number of carbonyl (C=O) groups is 1. The minimum atomic E-state index is 0.185. The van der Waals surface area contributed by atoms with Crippen LogP contribution in [0.4, 0.5) is 0 Å². The number of quaternary nitrogens is 2. The van der Waals surface area contributed by atoms with Gasteiger partial charge in [0.2, 0.25) is 0 Å². The minimum absolute atomic E-state index is 0.185. The van der Waals surface area contributed by atoms with E-state index in [0.29, 0.717) is 13.1 Å². The van der Waals surface area contributed by atoms with Crippen LogP contribution in [0.3, 0.4) is 0 Å². The van der Waals surface area contributed by atoms with E-state index in [1.54, 1.807) is 11.3 Å². The molecule has 3 aromatic rings. The number of nitrogens with one attached hydrogen (secondary N) is 2. The lowest BCUT2D eigenvalue weighted by molar-refractivity contribution is -1.02. The standard InChI is InChI=1S/C20H25N5O2S/c1-15-11-16(22-27-15)12-24-7-9-25(10-8-24)14-20(26)23(2)13-19-21-17-5-3-4-6-18(17)28-19/h3-6,11H,7-10,12-14H2,1-2H3/p+2. The lowest BCUT2D eigenvalue weighted by Gasteiger charge is -2.29. The molecule has 1 aliphatic heterocycles. The number of aryl methyl sites for hydroxylation is 1. The number of hydrogen-bond acceptors (Lipinski definition) is 5. The van der Waals surface area contributed by atoms with Gasteiger partial charge in [0, 0.05) is 13.1 Å². The summed E-state index contributed by atoms with van der Waals surface area (Å²) in [6, 6.07) is 10.1. The highest BCUT2D eigenvalue weighted by Gasteiger charge is 2.26. The van der Waals surface area contributed by atoms with Gasteiger partial charge in [0.25, 0.3) is 5.91 Å². The van der Waals surface area contributed by atoms with E-state index < -0.39 is 0 Å². The zero-order valence-corrected chi connectivity index (χ0v) is 17.2. The predicted octanol–water partition coefficient (Wildman–Crippen LogP) is -0.465. The van der Waals surface area contributed by atoms with E-state index >= 15 is 0 Å². The van der Waals surface area contributed by atoms with Gasteiger partial charge in [-0.05, 0) is 19.1 Å². The number of rotatable bonds is 6. The molecular weight excluding hydrogens is 374 g/mol. The Morgan fingerprint density at radius 2 is 1.96 bits per heavy atom. The summed E-state index contributed by atoms with van der Waals surface area (Å²) >= 11 is 1.66.